The predicted octanol–water partition coefficient (Wildman–Crippen LogP) is -1.11. The Morgan fingerprint density at radius 2 is 1.61 bits per heavy atom. The van der Waals surface area contributed by atoms with Crippen molar-refractivity contribution >= 4 is 5.91 Å². The van der Waals surface area contributed by atoms with Crippen LogP contribution in [0.4, 0.5) is 0 Å². The Labute approximate surface area is 110 Å². The van der Waals surface area contributed by atoms with E-state index in [2.05, 4.69) is 10.6 Å². The lowest BCUT2D eigenvalue weighted by Gasteiger charge is -2.12. The van der Waals surface area contributed by atoms with Crippen LogP contribution in [0.3, 0.4) is 0 Å². The van der Waals surface area contributed by atoms with Crippen LogP contribution < -0.4 is 27.8 Å². The van der Waals surface area contributed by atoms with Gasteiger partial charge in [0, 0.05) is 6.54 Å². The van der Waals surface area contributed by atoms with Crippen molar-refractivity contribution in [1.29, 1.82) is 0 Å². The first kappa shape index (κ1) is 17.3. The van der Waals surface area contributed by atoms with Gasteiger partial charge in [-0.15, -0.1) is 0 Å². The van der Waals surface area contributed by atoms with Crippen LogP contribution in [-0.2, 0) is 4.79 Å². The fraction of sp³-hybridized carbons (Fsp3) is 0.917. The smallest absolute Gasteiger partial charge is 0.236 e. The highest BCUT2D eigenvalue weighted by Gasteiger charge is 2.11. The molecule has 0 aromatic carbocycles. The zero-order valence-corrected chi connectivity index (χ0v) is 11.3. The zero-order valence-electron chi connectivity index (χ0n) is 11.3. The van der Waals surface area contributed by atoms with Crippen molar-refractivity contribution in [3.05, 3.63) is 0 Å². The number of amides is 1. The monoisotopic (exact) mass is 259 g/mol. The van der Waals surface area contributed by atoms with Gasteiger partial charge in [0.2, 0.25) is 5.91 Å². The fourth-order valence-corrected chi connectivity index (χ4v) is 1.55. The van der Waals surface area contributed by atoms with E-state index < -0.39 is 6.04 Å². The molecule has 0 spiro atoms. The van der Waals surface area contributed by atoms with Crippen molar-refractivity contribution in [3.8, 4) is 0 Å². The summed E-state index contributed by atoms with van der Waals surface area (Å²) in [6.07, 6.45) is 4.43. The first-order valence-electron chi connectivity index (χ1n) is 6.86. The molecule has 0 saturated carbocycles. The van der Waals surface area contributed by atoms with Crippen LogP contribution in [0.2, 0.25) is 0 Å². The lowest BCUT2D eigenvalue weighted by Crippen LogP contribution is -2.41. The third kappa shape index (κ3) is 10.5. The van der Waals surface area contributed by atoms with Gasteiger partial charge in [-0.3, -0.25) is 4.79 Å². The normalized spacial score (nSPS) is 12.4. The number of unbranched alkanes of at least 4 members (excludes halogenated alkanes) is 1. The maximum atomic E-state index is 11.6. The summed E-state index contributed by atoms with van der Waals surface area (Å²) < 4.78 is 0. The van der Waals surface area contributed by atoms with Gasteiger partial charge in [-0.2, -0.15) is 0 Å². The summed E-state index contributed by atoms with van der Waals surface area (Å²) in [4.78, 5) is 11.6. The molecule has 6 nitrogen and oxygen atoms in total. The minimum absolute atomic E-state index is 0.0611. The first-order valence-corrected chi connectivity index (χ1v) is 6.86. The van der Waals surface area contributed by atoms with Gasteiger partial charge in [0.25, 0.3) is 0 Å². The third-order valence-corrected chi connectivity index (χ3v) is 2.69. The van der Waals surface area contributed by atoms with Crippen LogP contribution in [0.25, 0.3) is 0 Å². The molecular formula is C12H29N5O. The van der Waals surface area contributed by atoms with Crippen molar-refractivity contribution in [2.24, 2.45) is 17.2 Å². The van der Waals surface area contributed by atoms with Crippen LogP contribution in [0.5, 0.6) is 0 Å². The summed E-state index contributed by atoms with van der Waals surface area (Å²) in [6.45, 7) is 3.86. The SMILES string of the molecule is NCCCC[C@H](N)C(=O)NCCCNCCCN. The molecule has 0 saturated heterocycles. The molecule has 0 aliphatic carbocycles. The molecule has 0 aromatic rings. The lowest BCUT2D eigenvalue weighted by atomic mass is 10.1. The molecule has 0 rings (SSSR count). The maximum absolute atomic E-state index is 11.6. The van der Waals surface area contributed by atoms with Gasteiger partial charge in [0.1, 0.15) is 0 Å². The van der Waals surface area contributed by atoms with Crippen molar-refractivity contribution < 1.29 is 4.79 Å². The minimum Gasteiger partial charge on any atom is -0.355 e. The maximum Gasteiger partial charge on any atom is 0.236 e. The third-order valence-electron chi connectivity index (χ3n) is 2.69. The summed E-state index contributed by atoms with van der Waals surface area (Å²) in [5.41, 5.74) is 16.5. The van der Waals surface area contributed by atoms with E-state index in [1.807, 2.05) is 0 Å². The largest absolute Gasteiger partial charge is 0.355 e. The molecule has 1 amide bonds. The molecule has 0 aliphatic heterocycles. The van der Waals surface area contributed by atoms with Crippen molar-refractivity contribution in [2.45, 2.75) is 38.1 Å². The topological polar surface area (TPSA) is 119 Å². The van der Waals surface area contributed by atoms with E-state index in [-0.39, 0.29) is 5.91 Å². The van der Waals surface area contributed by atoms with Crippen molar-refractivity contribution in [3.63, 3.8) is 0 Å². The van der Waals surface area contributed by atoms with E-state index in [9.17, 15) is 4.79 Å². The number of nitrogens with two attached hydrogens (primary N) is 3. The highest BCUT2D eigenvalue weighted by atomic mass is 16.2. The number of carbonyl (C=O) groups is 1. The van der Waals surface area contributed by atoms with E-state index in [0.29, 0.717) is 26.1 Å². The second-order valence-electron chi connectivity index (χ2n) is 4.43. The van der Waals surface area contributed by atoms with E-state index in [0.717, 1.165) is 38.8 Å². The lowest BCUT2D eigenvalue weighted by molar-refractivity contribution is -0.122. The molecule has 0 aromatic heterocycles. The summed E-state index contributed by atoms with van der Waals surface area (Å²) in [5, 5.41) is 6.10. The van der Waals surface area contributed by atoms with Gasteiger partial charge >= 0.3 is 0 Å². The molecule has 0 unspecified atom stereocenters. The molecular weight excluding hydrogens is 230 g/mol. The molecule has 18 heavy (non-hydrogen) atoms. The summed E-state index contributed by atoms with van der Waals surface area (Å²) in [6, 6.07) is -0.401. The summed E-state index contributed by atoms with van der Waals surface area (Å²) >= 11 is 0. The van der Waals surface area contributed by atoms with Gasteiger partial charge in [-0.1, -0.05) is 6.42 Å². The van der Waals surface area contributed by atoms with Crippen LogP contribution >= 0.6 is 0 Å². The van der Waals surface area contributed by atoms with Gasteiger partial charge in [0.15, 0.2) is 0 Å². The molecule has 1 atom stereocenters. The van der Waals surface area contributed by atoms with Gasteiger partial charge < -0.3 is 27.8 Å². The van der Waals surface area contributed by atoms with Crippen LogP contribution in [0.1, 0.15) is 32.1 Å². The Bertz CT molecular complexity index is 201. The van der Waals surface area contributed by atoms with E-state index in [4.69, 9.17) is 17.2 Å². The fourth-order valence-electron chi connectivity index (χ4n) is 1.55. The quantitative estimate of drug-likeness (QED) is 0.285. The number of hydrogen-bond acceptors (Lipinski definition) is 5. The highest BCUT2D eigenvalue weighted by Crippen LogP contribution is 1.97. The standard InChI is InChI=1S/C12H29N5O/c13-6-2-1-5-11(15)12(18)17-10-4-9-16-8-3-7-14/h11,16H,1-10,13-15H2,(H,17,18)/t11-/m0/s1. The first-order chi connectivity index (χ1) is 8.72. The Balaban J connectivity index is 3.35. The Morgan fingerprint density at radius 1 is 0.944 bits per heavy atom. The van der Waals surface area contributed by atoms with Crippen LogP contribution in [0.15, 0.2) is 0 Å². The summed E-state index contributed by atoms with van der Waals surface area (Å²) in [7, 11) is 0. The molecule has 6 heteroatoms. The number of hydrogen-bond donors (Lipinski definition) is 5. The minimum atomic E-state index is -0.401. The highest BCUT2D eigenvalue weighted by molar-refractivity contribution is 5.81. The zero-order chi connectivity index (χ0) is 13.6. The average molecular weight is 259 g/mol. The molecule has 0 radical (unpaired) electrons. The van der Waals surface area contributed by atoms with Crippen LogP contribution in [0, 0.1) is 0 Å². The molecule has 108 valence electrons. The molecule has 0 aliphatic rings. The predicted molar refractivity (Wildman–Crippen MR) is 75.0 cm³/mol. The van der Waals surface area contributed by atoms with Crippen molar-refractivity contribution in [2.75, 3.05) is 32.7 Å². The van der Waals surface area contributed by atoms with Gasteiger partial charge in [-0.25, -0.2) is 0 Å². The second-order valence-corrected chi connectivity index (χ2v) is 4.43. The van der Waals surface area contributed by atoms with Crippen LogP contribution in [-0.4, -0.2) is 44.7 Å². The van der Waals surface area contributed by atoms with E-state index in [1.165, 1.54) is 0 Å². The second kappa shape index (κ2) is 12.8. The molecule has 0 bridgehead atoms. The number of rotatable bonds is 12. The van der Waals surface area contributed by atoms with E-state index in [1.54, 1.807) is 0 Å². The number of carbonyl (C=O) groups excluding carboxylic acids is 1. The van der Waals surface area contributed by atoms with E-state index >= 15 is 0 Å². The molecule has 0 fully saturated rings. The summed E-state index contributed by atoms with van der Waals surface area (Å²) in [5.74, 6) is -0.0611. The van der Waals surface area contributed by atoms with Crippen molar-refractivity contribution in [1.82, 2.24) is 10.6 Å². The average Bonchev–Trinajstić information content (AvgIpc) is 2.37. The van der Waals surface area contributed by atoms with Gasteiger partial charge in [-0.05, 0) is 51.9 Å². The number of nitrogens with one attached hydrogen (secondary N) is 2. The molecule has 8 N–H and O–H groups in total. The Kier molecular flexibility index (Phi) is 12.3. The van der Waals surface area contributed by atoms with Gasteiger partial charge in [0.05, 0.1) is 6.04 Å². The Morgan fingerprint density at radius 3 is 2.28 bits per heavy atom. The molecule has 0 heterocycles. The Hall–Kier alpha value is -0.690.